The molecule has 1 aliphatic rings. The molecule has 0 bridgehead atoms. The number of halogens is 1. The molecule has 1 aromatic heterocycles. The van der Waals surface area contributed by atoms with Crippen molar-refractivity contribution in [3.8, 4) is 22.6 Å². The maximum Gasteiger partial charge on any atom is 0.195 e. The fourth-order valence-corrected chi connectivity index (χ4v) is 5.14. The standard InChI is InChI=1S/C25H28FNO3S/c1-2-31(28,29)22-15-11-20(12-16-22)25-24(19-9-13-21(26)14-10-19)27-23(30-25)17-8-18-6-4-3-5-7-18/h9-16,18H,2-8,17H2,1H3. The molecule has 0 atom stereocenters. The SMILES string of the molecule is CCS(=O)(=O)c1ccc(-c2oc(CCC3CCCCC3)nc2-c2ccc(F)cc2)cc1. The highest BCUT2D eigenvalue weighted by molar-refractivity contribution is 7.91. The summed E-state index contributed by atoms with van der Waals surface area (Å²) in [7, 11) is -3.27. The molecule has 1 fully saturated rings. The molecule has 31 heavy (non-hydrogen) atoms. The van der Waals surface area contributed by atoms with Crippen LogP contribution in [0.2, 0.25) is 0 Å². The van der Waals surface area contributed by atoms with Crippen molar-refractivity contribution in [2.45, 2.75) is 56.8 Å². The van der Waals surface area contributed by atoms with Crippen molar-refractivity contribution >= 4 is 9.84 Å². The van der Waals surface area contributed by atoms with Crippen LogP contribution in [0.4, 0.5) is 4.39 Å². The lowest BCUT2D eigenvalue weighted by Crippen LogP contribution is -2.07. The summed E-state index contributed by atoms with van der Waals surface area (Å²) in [4.78, 5) is 5.04. The van der Waals surface area contributed by atoms with Gasteiger partial charge in [0.1, 0.15) is 11.5 Å². The first-order chi connectivity index (χ1) is 15.0. The van der Waals surface area contributed by atoms with E-state index in [9.17, 15) is 12.8 Å². The number of aromatic nitrogens is 1. The first kappa shape index (κ1) is 21.8. The number of sulfone groups is 1. The maximum absolute atomic E-state index is 13.4. The van der Waals surface area contributed by atoms with Gasteiger partial charge in [-0.25, -0.2) is 17.8 Å². The van der Waals surface area contributed by atoms with E-state index >= 15 is 0 Å². The minimum atomic E-state index is -3.27. The number of benzene rings is 2. The molecule has 164 valence electrons. The van der Waals surface area contributed by atoms with Crippen molar-refractivity contribution in [2.24, 2.45) is 5.92 Å². The lowest BCUT2D eigenvalue weighted by atomic mass is 9.86. The Morgan fingerprint density at radius 1 is 0.968 bits per heavy atom. The van der Waals surface area contributed by atoms with Gasteiger partial charge < -0.3 is 4.42 Å². The zero-order chi connectivity index (χ0) is 21.8. The summed E-state index contributed by atoms with van der Waals surface area (Å²) in [5, 5.41) is 0. The molecule has 0 unspecified atom stereocenters. The van der Waals surface area contributed by atoms with Gasteiger partial charge >= 0.3 is 0 Å². The predicted molar refractivity (Wildman–Crippen MR) is 120 cm³/mol. The van der Waals surface area contributed by atoms with Crippen LogP contribution in [0.3, 0.4) is 0 Å². The van der Waals surface area contributed by atoms with E-state index in [1.54, 1.807) is 43.3 Å². The van der Waals surface area contributed by atoms with E-state index in [1.165, 1.54) is 44.2 Å². The normalized spacial score (nSPS) is 15.3. The van der Waals surface area contributed by atoms with Crippen LogP contribution in [-0.2, 0) is 16.3 Å². The van der Waals surface area contributed by atoms with Crippen LogP contribution >= 0.6 is 0 Å². The molecule has 4 rings (SSSR count). The zero-order valence-electron chi connectivity index (χ0n) is 17.8. The highest BCUT2D eigenvalue weighted by atomic mass is 32.2. The largest absolute Gasteiger partial charge is 0.440 e. The number of nitrogens with zero attached hydrogens (tertiary/aromatic N) is 1. The van der Waals surface area contributed by atoms with Gasteiger partial charge in [-0.2, -0.15) is 0 Å². The third-order valence-electron chi connectivity index (χ3n) is 6.14. The van der Waals surface area contributed by atoms with E-state index in [0.717, 1.165) is 29.9 Å². The lowest BCUT2D eigenvalue weighted by Gasteiger charge is -2.20. The summed E-state index contributed by atoms with van der Waals surface area (Å²) in [5.41, 5.74) is 2.19. The molecule has 1 heterocycles. The average Bonchev–Trinajstić information content (AvgIpc) is 3.23. The second kappa shape index (κ2) is 9.35. The minimum absolute atomic E-state index is 0.0563. The molecule has 0 radical (unpaired) electrons. The Hall–Kier alpha value is -2.47. The molecular weight excluding hydrogens is 413 g/mol. The lowest BCUT2D eigenvalue weighted by molar-refractivity contribution is 0.329. The van der Waals surface area contributed by atoms with Crippen molar-refractivity contribution in [3.05, 3.63) is 60.2 Å². The van der Waals surface area contributed by atoms with E-state index in [1.807, 2.05) is 0 Å². The second-order valence-electron chi connectivity index (χ2n) is 8.26. The minimum Gasteiger partial charge on any atom is -0.440 e. The van der Waals surface area contributed by atoms with Crippen LogP contribution in [-0.4, -0.2) is 19.2 Å². The van der Waals surface area contributed by atoms with Gasteiger partial charge in [0.15, 0.2) is 21.5 Å². The molecule has 4 nitrogen and oxygen atoms in total. The monoisotopic (exact) mass is 441 g/mol. The van der Waals surface area contributed by atoms with Gasteiger partial charge in [0.25, 0.3) is 0 Å². The summed E-state index contributed by atoms with van der Waals surface area (Å²) in [5.74, 6) is 1.73. The van der Waals surface area contributed by atoms with Gasteiger partial charge in [-0.15, -0.1) is 0 Å². The van der Waals surface area contributed by atoms with Crippen LogP contribution in [0.1, 0.15) is 51.3 Å². The first-order valence-corrected chi connectivity index (χ1v) is 12.7. The molecular formula is C25H28FNO3S. The third-order valence-corrected chi connectivity index (χ3v) is 7.89. The van der Waals surface area contributed by atoms with Gasteiger partial charge in [0, 0.05) is 17.5 Å². The fourth-order valence-electron chi connectivity index (χ4n) is 4.25. The third kappa shape index (κ3) is 5.06. The predicted octanol–water partition coefficient (Wildman–Crippen LogP) is 6.45. The maximum atomic E-state index is 13.4. The fraction of sp³-hybridized carbons (Fsp3) is 0.400. The van der Waals surface area contributed by atoms with Gasteiger partial charge in [0.2, 0.25) is 0 Å². The molecule has 0 N–H and O–H groups in total. The van der Waals surface area contributed by atoms with E-state index in [2.05, 4.69) is 0 Å². The van der Waals surface area contributed by atoms with E-state index in [4.69, 9.17) is 9.40 Å². The average molecular weight is 442 g/mol. The van der Waals surface area contributed by atoms with Gasteiger partial charge in [-0.05, 0) is 60.9 Å². The first-order valence-electron chi connectivity index (χ1n) is 11.0. The van der Waals surface area contributed by atoms with E-state index in [0.29, 0.717) is 22.2 Å². The number of aryl methyl sites for hydroxylation is 1. The molecule has 1 saturated carbocycles. The van der Waals surface area contributed by atoms with Crippen LogP contribution in [0.5, 0.6) is 0 Å². The Kier molecular flexibility index (Phi) is 6.56. The summed E-state index contributed by atoms with van der Waals surface area (Å²) in [6.45, 7) is 1.63. The molecule has 0 saturated heterocycles. The van der Waals surface area contributed by atoms with Crippen molar-refractivity contribution in [1.82, 2.24) is 4.98 Å². The topological polar surface area (TPSA) is 60.2 Å². The number of oxazole rings is 1. The molecule has 0 amide bonds. The Morgan fingerprint density at radius 3 is 2.26 bits per heavy atom. The second-order valence-corrected chi connectivity index (χ2v) is 10.5. The molecule has 0 aliphatic heterocycles. The summed E-state index contributed by atoms with van der Waals surface area (Å²) >= 11 is 0. The molecule has 6 heteroatoms. The molecule has 3 aromatic rings. The smallest absolute Gasteiger partial charge is 0.195 e. The number of hydrogen-bond acceptors (Lipinski definition) is 4. The highest BCUT2D eigenvalue weighted by Gasteiger charge is 2.20. The number of hydrogen-bond donors (Lipinski definition) is 0. The van der Waals surface area contributed by atoms with Crippen molar-refractivity contribution < 1.29 is 17.2 Å². The van der Waals surface area contributed by atoms with Crippen molar-refractivity contribution in [3.63, 3.8) is 0 Å². The van der Waals surface area contributed by atoms with Gasteiger partial charge in [-0.1, -0.05) is 39.0 Å². The summed E-state index contributed by atoms with van der Waals surface area (Å²) in [6, 6.07) is 12.9. The van der Waals surface area contributed by atoms with Crippen molar-refractivity contribution in [1.29, 1.82) is 0 Å². The Morgan fingerprint density at radius 2 is 1.61 bits per heavy atom. The Balaban J connectivity index is 1.66. The molecule has 2 aromatic carbocycles. The quantitative estimate of drug-likeness (QED) is 0.422. The van der Waals surface area contributed by atoms with Crippen LogP contribution in [0.25, 0.3) is 22.6 Å². The summed E-state index contributed by atoms with van der Waals surface area (Å²) in [6.07, 6.45) is 8.29. The zero-order valence-corrected chi connectivity index (χ0v) is 18.6. The van der Waals surface area contributed by atoms with Crippen molar-refractivity contribution in [2.75, 3.05) is 5.75 Å². The Bertz CT molecular complexity index is 1110. The van der Waals surface area contributed by atoms with E-state index in [-0.39, 0.29) is 11.6 Å². The number of rotatable bonds is 7. The van der Waals surface area contributed by atoms with Crippen LogP contribution in [0.15, 0.2) is 57.8 Å². The highest BCUT2D eigenvalue weighted by Crippen LogP contribution is 2.35. The van der Waals surface area contributed by atoms with Gasteiger partial charge in [0.05, 0.1) is 10.6 Å². The van der Waals surface area contributed by atoms with E-state index < -0.39 is 9.84 Å². The summed E-state index contributed by atoms with van der Waals surface area (Å²) < 4.78 is 43.9. The molecule has 1 aliphatic carbocycles. The van der Waals surface area contributed by atoms with Gasteiger partial charge in [-0.3, -0.25) is 0 Å². The van der Waals surface area contributed by atoms with Crippen LogP contribution in [0, 0.1) is 11.7 Å². The molecule has 0 spiro atoms. The van der Waals surface area contributed by atoms with Crippen LogP contribution < -0.4 is 0 Å². The Labute approximate surface area is 183 Å².